The maximum absolute atomic E-state index is 12.6. The number of halogens is 1. The fourth-order valence-electron chi connectivity index (χ4n) is 1.59. The zero-order chi connectivity index (χ0) is 9.80. The Bertz CT molecular complexity index is 380. The van der Waals surface area contributed by atoms with Gasteiger partial charge in [0, 0.05) is 4.90 Å². The molecule has 1 aromatic carbocycles. The summed E-state index contributed by atoms with van der Waals surface area (Å²) in [7, 11) is 0. The minimum absolute atomic E-state index is 0.314. The summed E-state index contributed by atoms with van der Waals surface area (Å²) in [6, 6.07) is 7.57. The Kier molecular flexibility index (Phi) is 3.04. The van der Waals surface area contributed by atoms with Crippen molar-refractivity contribution in [1.82, 2.24) is 0 Å². The molecule has 0 unspecified atom stereocenters. The number of hydrogen-bond acceptors (Lipinski definition) is 1. The van der Waals surface area contributed by atoms with E-state index in [1.807, 2.05) is 24.3 Å². The van der Waals surface area contributed by atoms with Crippen molar-refractivity contribution in [3.63, 3.8) is 0 Å². The predicted molar refractivity (Wildman–Crippen MR) is 59.8 cm³/mol. The Morgan fingerprint density at radius 1 is 1.14 bits per heavy atom. The highest BCUT2D eigenvalue weighted by atomic mass is 32.2. The van der Waals surface area contributed by atoms with Crippen LogP contribution in [-0.4, -0.2) is 0 Å². The van der Waals surface area contributed by atoms with Crippen LogP contribution in [-0.2, 0) is 0 Å². The lowest BCUT2D eigenvalue weighted by Crippen LogP contribution is -1.87. The first-order chi connectivity index (χ1) is 6.92. The maximum Gasteiger partial charge on any atom is 0.0818 e. The van der Waals surface area contributed by atoms with Gasteiger partial charge in [-0.1, -0.05) is 36.4 Å². The first kappa shape index (κ1) is 9.53. The molecule has 0 bridgehead atoms. The van der Waals surface area contributed by atoms with Crippen molar-refractivity contribution in [2.45, 2.75) is 17.7 Å². The lowest BCUT2D eigenvalue weighted by molar-refractivity contribution is 0.933. The minimum Gasteiger partial charge on any atom is -0.160 e. The molecule has 0 aliphatic heterocycles. The van der Waals surface area contributed by atoms with Gasteiger partial charge in [0.2, 0.25) is 0 Å². The van der Waals surface area contributed by atoms with Crippen molar-refractivity contribution < 1.29 is 3.89 Å². The monoisotopic (exact) mass is 206 g/mol. The maximum atomic E-state index is 12.6. The van der Waals surface area contributed by atoms with Crippen LogP contribution in [0.5, 0.6) is 0 Å². The predicted octanol–water partition coefficient (Wildman–Crippen LogP) is 4.40. The van der Waals surface area contributed by atoms with E-state index < -0.39 is 0 Å². The fourth-order valence-corrected chi connectivity index (χ4v) is 1.98. The van der Waals surface area contributed by atoms with E-state index in [9.17, 15) is 3.89 Å². The van der Waals surface area contributed by atoms with Crippen LogP contribution in [0.2, 0.25) is 0 Å². The quantitative estimate of drug-likeness (QED) is 0.691. The summed E-state index contributed by atoms with van der Waals surface area (Å²) in [6.45, 7) is 0. The molecule has 14 heavy (non-hydrogen) atoms. The molecule has 0 atom stereocenters. The number of benzene rings is 1. The molecule has 0 heterocycles. The zero-order valence-electron chi connectivity index (χ0n) is 7.74. The average Bonchev–Trinajstić information content (AvgIpc) is 2.30. The Morgan fingerprint density at radius 3 is 2.71 bits per heavy atom. The second-order valence-corrected chi connectivity index (χ2v) is 3.81. The second-order valence-electron chi connectivity index (χ2n) is 3.21. The van der Waals surface area contributed by atoms with Gasteiger partial charge in [0.1, 0.15) is 0 Å². The number of hydrogen-bond donors (Lipinski definition) is 0. The topological polar surface area (TPSA) is 0 Å². The van der Waals surface area contributed by atoms with Gasteiger partial charge in [-0.3, -0.25) is 0 Å². The minimum atomic E-state index is 0.314. The molecule has 0 saturated heterocycles. The van der Waals surface area contributed by atoms with Crippen LogP contribution in [0.1, 0.15) is 18.4 Å². The van der Waals surface area contributed by atoms with Crippen molar-refractivity contribution >= 4 is 17.7 Å². The van der Waals surface area contributed by atoms with Gasteiger partial charge in [-0.25, -0.2) is 0 Å². The van der Waals surface area contributed by atoms with Gasteiger partial charge in [-0.05, 0) is 30.0 Å². The summed E-state index contributed by atoms with van der Waals surface area (Å²) < 4.78 is 12.6. The summed E-state index contributed by atoms with van der Waals surface area (Å²) in [4.78, 5) is 0.699. The van der Waals surface area contributed by atoms with Gasteiger partial charge in [-0.15, -0.1) is 0 Å². The summed E-state index contributed by atoms with van der Waals surface area (Å²) in [6.07, 6.45) is 8.51. The molecule has 2 rings (SSSR count). The molecule has 1 aromatic rings. The van der Waals surface area contributed by atoms with E-state index >= 15 is 0 Å². The molecule has 1 aliphatic rings. The third-order valence-electron chi connectivity index (χ3n) is 2.28. The largest absolute Gasteiger partial charge is 0.160 e. The Morgan fingerprint density at radius 2 is 2.00 bits per heavy atom. The molecule has 0 amide bonds. The first-order valence-electron chi connectivity index (χ1n) is 4.66. The van der Waals surface area contributed by atoms with Crippen molar-refractivity contribution in [3.8, 4) is 0 Å². The van der Waals surface area contributed by atoms with Crippen molar-refractivity contribution in [2.24, 2.45) is 0 Å². The van der Waals surface area contributed by atoms with Crippen LogP contribution in [0, 0.1) is 0 Å². The molecule has 0 N–H and O–H groups in total. The van der Waals surface area contributed by atoms with Gasteiger partial charge >= 0.3 is 0 Å². The third kappa shape index (κ3) is 1.90. The average molecular weight is 206 g/mol. The van der Waals surface area contributed by atoms with Crippen molar-refractivity contribution in [3.05, 3.63) is 48.1 Å². The second kappa shape index (κ2) is 4.47. The molecule has 2 heteroatoms. The van der Waals surface area contributed by atoms with E-state index in [1.54, 1.807) is 0 Å². The van der Waals surface area contributed by atoms with Gasteiger partial charge in [-0.2, -0.15) is 3.89 Å². The van der Waals surface area contributed by atoms with Gasteiger partial charge in [0.05, 0.1) is 12.1 Å². The van der Waals surface area contributed by atoms with Crippen LogP contribution in [0.4, 0.5) is 3.89 Å². The summed E-state index contributed by atoms with van der Waals surface area (Å²) in [5.41, 5.74) is 2.13. The Balaban J connectivity index is 2.40. The van der Waals surface area contributed by atoms with Crippen LogP contribution in [0.25, 0.3) is 5.57 Å². The van der Waals surface area contributed by atoms with E-state index in [-0.39, 0.29) is 0 Å². The standard InChI is InChI=1S/C12H11FS/c13-14-12-9-5-4-8-11(12)10-6-2-1-3-7-10/h2,4-9H,1,3H2. The molecule has 0 saturated carbocycles. The molecule has 0 spiro atoms. The van der Waals surface area contributed by atoms with Crippen LogP contribution in [0.15, 0.2) is 47.4 Å². The highest BCUT2D eigenvalue weighted by Gasteiger charge is 2.06. The molecular weight excluding hydrogens is 195 g/mol. The summed E-state index contributed by atoms with van der Waals surface area (Å²) in [5.74, 6) is 0. The molecule has 0 radical (unpaired) electrons. The van der Waals surface area contributed by atoms with Crippen LogP contribution in [0.3, 0.4) is 0 Å². The van der Waals surface area contributed by atoms with E-state index in [1.165, 1.54) is 0 Å². The smallest absolute Gasteiger partial charge is 0.0818 e. The van der Waals surface area contributed by atoms with E-state index in [4.69, 9.17) is 0 Å². The SMILES string of the molecule is FSc1ccccc1C1=CCCC=C1. The Hall–Kier alpha value is -1.02. The van der Waals surface area contributed by atoms with Crippen LogP contribution < -0.4 is 0 Å². The molecule has 0 nitrogen and oxygen atoms in total. The molecule has 1 aliphatic carbocycles. The first-order valence-corrected chi connectivity index (χ1v) is 5.38. The molecule has 0 aromatic heterocycles. The summed E-state index contributed by atoms with van der Waals surface area (Å²) in [5, 5.41) is 0. The lowest BCUT2D eigenvalue weighted by atomic mass is 10.00. The van der Waals surface area contributed by atoms with E-state index in [2.05, 4.69) is 18.2 Å². The van der Waals surface area contributed by atoms with Gasteiger partial charge in [0.15, 0.2) is 0 Å². The Labute approximate surface area is 87.8 Å². The fraction of sp³-hybridized carbons (Fsp3) is 0.167. The van der Waals surface area contributed by atoms with Crippen LogP contribution >= 0.6 is 12.1 Å². The van der Waals surface area contributed by atoms with Gasteiger partial charge in [0.25, 0.3) is 0 Å². The third-order valence-corrected chi connectivity index (χ3v) is 2.80. The lowest BCUT2D eigenvalue weighted by Gasteiger charge is -2.09. The highest BCUT2D eigenvalue weighted by Crippen LogP contribution is 2.31. The molecule has 0 fully saturated rings. The van der Waals surface area contributed by atoms with E-state index in [0.29, 0.717) is 17.0 Å². The molecular formula is C12H11FS. The summed E-state index contributed by atoms with van der Waals surface area (Å²) >= 11 is 0.314. The highest BCUT2D eigenvalue weighted by molar-refractivity contribution is 7.94. The number of rotatable bonds is 2. The van der Waals surface area contributed by atoms with Crippen molar-refractivity contribution in [2.75, 3.05) is 0 Å². The zero-order valence-corrected chi connectivity index (χ0v) is 8.56. The number of allylic oxidation sites excluding steroid dienone is 4. The molecule has 72 valence electrons. The normalized spacial score (nSPS) is 15.4. The van der Waals surface area contributed by atoms with Gasteiger partial charge < -0.3 is 0 Å². The van der Waals surface area contributed by atoms with E-state index in [0.717, 1.165) is 24.0 Å². The van der Waals surface area contributed by atoms with Crippen molar-refractivity contribution in [1.29, 1.82) is 0 Å².